The highest BCUT2D eigenvalue weighted by atomic mass is 32.1. The molecule has 10 heteroatoms. The van der Waals surface area contributed by atoms with Crippen LogP contribution in [-0.2, 0) is 0 Å². The fourth-order valence-electron chi connectivity index (χ4n) is 2.69. The van der Waals surface area contributed by atoms with E-state index in [9.17, 15) is 4.79 Å². The molecule has 0 unspecified atom stereocenters. The second-order valence-electron chi connectivity index (χ2n) is 6.65. The van der Waals surface area contributed by atoms with E-state index < -0.39 is 0 Å². The third-order valence-corrected chi connectivity index (χ3v) is 5.14. The molecule has 2 N–H and O–H groups in total. The minimum absolute atomic E-state index is 0.0283. The van der Waals surface area contributed by atoms with E-state index in [1.165, 1.54) is 11.3 Å². The summed E-state index contributed by atoms with van der Waals surface area (Å²) in [6.45, 7) is 3.86. The summed E-state index contributed by atoms with van der Waals surface area (Å²) in [6.07, 6.45) is 1.59. The molecule has 0 bridgehead atoms. The van der Waals surface area contributed by atoms with Crippen LogP contribution in [0.25, 0.3) is 15.5 Å². The topological polar surface area (TPSA) is 93.4 Å². The lowest BCUT2D eigenvalue weighted by atomic mass is 10.2. The van der Waals surface area contributed by atoms with Crippen LogP contribution in [0, 0.1) is 0 Å². The molecule has 0 radical (unpaired) electrons. The first-order valence-corrected chi connectivity index (χ1v) is 10.4. The molecule has 0 atom stereocenters. The second kappa shape index (κ2) is 8.56. The maximum absolute atomic E-state index is 12.5. The van der Waals surface area contributed by atoms with Crippen LogP contribution in [0.15, 0.2) is 54.9 Å². The molecule has 2 heterocycles. The van der Waals surface area contributed by atoms with Gasteiger partial charge in [0.05, 0.1) is 6.10 Å². The second-order valence-corrected chi connectivity index (χ2v) is 8.01. The number of carbonyl (C=O) groups excluding carboxylic acids is 1. The number of ether oxygens (including phenoxy) is 1. The summed E-state index contributed by atoms with van der Waals surface area (Å²) >= 11 is 6.72. The van der Waals surface area contributed by atoms with Crippen molar-refractivity contribution in [1.82, 2.24) is 25.1 Å². The summed E-state index contributed by atoms with van der Waals surface area (Å²) in [4.78, 5) is 13.2. The zero-order valence-corrected chi connectivity index (χ0v) is 17.8. The molecule has 4 aromatic rings. The van der Waals surface area contributed by atoms with Gasteiger partial charge in [-0.2, -0.15) is 9.61 Å². The van der Waals surface area contributed by atoms with Crippen molar-refractivity contribution in [2.45, 2.75) is 20.0 Å². The molecule has 2 aromatic carbocycles. The number of aromatic nitrogens is 4. The van der Waals surface area contributed by atoms with Crippen LogP contribution in [0.2, 0.25) is 0 Å². The Morgan fingerprint density at radius 3 is 2.73 bits per heavy atom. The van der Waals surface area contributed by atoms with E-state index in [4.69, 9.17) is 17.0 Å². The van der Waals surface area contributed by atoms with Gasteiger partial charge in [0.1, 0.15) is 17.1 Å². The van der Waals surface area contributed by atoms with E-state index in [0.717, 1.165) is 21.2 Å². The summed E-state index contributed by atoms with van der Waals surface area (Å²) in [5, 5.41) is 19.0. The van der Waals surface area contributed by atoms with Gasteiger partial charge in [-0.05, 0) is 68.5 Å². The van der Waals surface area contributed by atoms with Crippen molar-refractivity contribution in [2.24, 2.45) is 0 Å². The number of nitrogens with zero attached hydrogens (tertiary/aromatic N) is 4. The molecule has 0 saturated heterocycles. The first kappa shape index (κ1) is 19.9. The fourth-order valence-corrected chi connectivity index (χ4v) is 3.73. The van der Waals surface area contributed by atoms with Gasteiger partial charge in [0, 0.05) is 16.8 Å². The quantitative estimate of drug-likeness (QED) is 0.458. The van der Waals surface area contributed by atoms with Crippen LogP contribution in [-0.4, -0.2) is 36.9 Å². The molecule has 0 saturated carbocycles. The Balaban J connectivity index is 1.38. The van der Waals surface area contributed by atoms with E-state index in [-0.39, 0.29) is 17.1 Å². The minimum atomic E-state index is -0.307. The van der Waals surface area contributed by atoms with Crippen molar-refractivity contribution in [2.75, 3.05) is 5.32 Å². The molecular weight excluding hydrogens is 420 g/mol. The molecule has 0 aliphatic rings. The first-order chi connectivity index (χ1) is 14.5. The predicted molar refractivity (Wildman–Crippen MR) is 120 cm³/mol. The van der Waals surface area contributed by atoms with Gasteiger partial charge < -0.3 is 10.1 Å². The lowest BCUT2D eigenvalue weighted by Crippen LogP contribution is -2.34. The number of anilines is 1. The maximum Gasteiger partial charge on any atom is 0.257 e. The third-order valence-electron chi connectivity index (χ3n) is 3.97. The molecule has 0 aliphatic heterocycles. The number of thiocarbonyl (C=S) groups is 1. The third kappa shape index (κ3) is 4.61. The smallest absolute Gasteiger partial charge is 0.257 e. The minimum Gasteiger partial charge on any atom is -0.491 e. The van der Waals surface area contributed by atoms with Crippen molar-refractivity contribution in [3.05, 3.63) is 60.4 Å². The van der Waals surface area contributed by atoms with Gasteiger partial charge in [-0.3, -0.25) is 10.1 Å². The van der Waals surface area contributed by atoms with Crippen LogP contribution in [0.3, 0.4) is 0 Å². The number of carbonyl (C=O) groups is 1. The summed E-state index contributed by atoms with van der Waals surface area (Å²) in [7, 11) is 0. The van der Waals surface area contributed by atoms with E-state index in [2.05, 4.69) is 25.9 Å². The van der Waals surface area contributed by atoms with Gasteiger partial charge in [-0.15, -0.1) is 10.2 Å². The number of hydrogen-bond donors (Lipinski definition) is 2. The van der Waals surface area contributed by atoms with Crippen molar-refractivity contribution in [3.8, 4) is 16.3 Å². The lowest BCUT2D eigenvalue weighted by molar-refractivity contribution is 0.0977. The summed E-state index contributed by atoms with van der Waals surface area (Å²) < 4.78 is 7.26. The average molecular weight is 439 g/mol. The van der Waals surface area contributed by atoms with Gasteiger partial charge in [0.15, 0.2) is 5.11 Å². The number of benzene rings is 2. The molecule has 1 amide bonds. The number of nitrogens with one attached hydrogen (secondary N) is 2. The van der Waals surface area contributed by atoms with Gasteiger partial charge in [0.25, 0.3) is 5.91 Å². The molecule has 30 heavy (non-hydrogen) atoms. The van der Waals surface area contributed by atoms with Gasteiger partial charge >= 0.3 is 0 Å². The number of fused-ring (bicyclic) bond motifs is 1. The SMILES string of the molecule is CC(C)Oc1cccc(C(=O)NC(=S)Nc2ccc(-c3nn4cnnc4s3)cc2)c1. The largest absolute Gasteiger partial charge is 0.491 e. The first-order valence-electron chi connectivity index (χ1n) is 9.14. The van der Waals surface area contributed by atoms with Crippen LogP contribution in [0.1, 0.15) is 24.2 Å². The Morgan fingerprint density at radius 1 is 1.20 bits per heavy atom. The molecule has 0 aliphatic carbocycles. The van der Waals surface area contributed by atoms with Crippen molar-refractivity contribution in [1.29, 1.82) is 0 Å². The monoisotopic (exact) mass is 438 g/mol. The standard InChI is InChI=1S/C20H18N6O2S2/c1-12(2)28-16-5-3-4-14(10-16)17(27)23-19(29)22-15-8-6-13(7-9-15)18-25-26-11-21-24-20(26)30-18/h3-12H,1-2H3,(H2,22,23,27,29). The molecule has 0 fully saturated rings. The number of amides is 1. The normalized spacial score (nSPS) is 10.9. The zero-order chi connectivity index (χ0) is 21.1. The Bertz CT molecular complexity index is 1170. The van der Waals surface area contributed by atoms with E-state index in [1.807, 2.05) is 44.2 Å². The Kier molecular flexibility index (Phi) is 5.68. The van der Waals surface area contributed by atoms with Gasteiger partial charge in [0.2, 0.25) is 4.96 Å². The van der Waals surface area contributed by atoms with E-state index in [1.54, 1.807) is 29.0 Å². The van der Waals surface area contributed by atoms with E-state index >= 15 is 0 Å². The van der Waals surface area contributed by atoms with Crippen LogP contribution in [0.4, 0.5) is 5.69 Å². The molecule has 152 valence electrons. The molecular formula is C20H18N6O2S2. The highest BCUT2D eigenvalue weighted by Crippen LogP contribution is 2.25. The average Bonchev–Trinajstić information content (AvgIpc) is 3.30. The van der Waals surface area contributed by atoms with Crippen molar-refractivity contribution < 1.29 is 9.53 Å². The Labute approximate surface area is 181 Å². The maximum atomic E-state index is 12.5. The predicted octanol–water partition coefficient (Wildman–Crippen LogP) is 3.77. The number of hydrogen-bond acceptors (Lipinski definition) is 7. The molecule has 4 rings (SSSR count). The molecule has 2 aromatic heterocycles. The summed E-state index contributed by atoms with van der Waals surface area (Å²) in [5.74, 6) is 0.329. The van der Waals surface area contributed by atoms with E-state index in [0.29, 0.717) is 11.3 Å². The van der Waals surface area contributed by atoms with Crippen molar-refractivity contribution in [3.63, 3.8) is 0 Å². The summed E-state index contributed by atoms with van der Waals surface area (Å²) in [5.41, 5.74) is 2.17. The van der Waals surface area contributed by atoms with Crippen LogP contribution >= 0.6 is 23.6 Å². The van der Waals surface area contributed by atoms with Gasteiger partial charge in [-0.25, -0.2) is 0 Å². The highest BCUT2D eigenvalue weighted by molar-refractivity contribution is 7.80. The molecule has 0 spiro atoms. The number of rotatable bonds is 5. The highest BCUT2D eigenvalue weighted by Gasteiger charge is 2.11. The Hall–Kier alpha value is -3.37. The Morgan fingerprint density at radius 2 is 2.00 bits per heavy atom. The zero-order valence-electron chi connectivity index (χ0n) is 16.2. The van der Waals surface area contributed by atoms with Crippen molar-refractivity contribution >= 4 is 45.2 Å². The molecule has 8 nitrogen and oxygen atoms in total. The van der Waals surface area contributed by atoms with Gasteiger partial charge in [-0.1, -0.05) is 17.4 Å². The summed E-state index contributed by atoms with van der Waals surface area (Å²) in [6, 6.07) is 14.6. The fraction of sp³-hybridized carbons (Fsp3) is 0.150. The van der Waals surface area contributed by atoms with Crippen LogP contribution in [0.5, 0.6) is 5.75 Å². The van der Waals surface area contributed by atoms with Crippen LogP contribution < -0.4 is 15.4 Å². The lowest BCUT2D eigenvalue weighted by Gasteiger charge is -2.12.